The molecular weight excluding hydrogens is 124 g/mol. The van der Waals surface area contributed by atoms with Crippen LogP contribution in [0.5, 0.6) is 0 Å². The number of rotatable bonds is 2. The van der Waals surface area contributed by atoms with Gasteiger partial charge in [-0.1, -0.05) is 0 Å². The molecule has 0 fully saturated rings. The summed E-state index contributed by atoms with van der Waals surface area (Å²) in [4.78, 5) is 3.93. The first-order valence-corrected chi connectivity index (χ1v) is 3.64. The summed E-state index contributed by atoms with van der Waals surface area (Å²) in [5.41, 5.74) is 0. The second kappa shape index (κ2) is 4.99. The van der Waals surface area contributed by atoms with Gasteiger partial charge in [-0.3, -0.25) is 0 Å². The van der Waals surface area contributed by atoms with E-state index < -0.39 is 0 Å². The molecule has 0 aliphatic heterocycles. The van der Waals surface area contributed by atoms with Gasteiger partial charge in [-0.15, -0.1) is 0 Å². The van der Waals surface area contributed by atoms with E-state index in [1.807, 2.05) is 23.9 Å². The maximum Gasteiger partial charge on any atom is 0.0304 e. The average Bonchev–Trinajstić information content (AvgIpc) is 1.99. The standard InChI is InChI=1S/C8H16N2/c1-5-9(3)7-8-10(4)6-2/h5-6H2,1-4H3. The van der Waals surface area contributed by atoms with Crippen molar-refractivity contribution in [2.24, 2.45) is 0 Å². The third-order valence-corrected chi connectivity index (χ3v) is 1.38. The molecule has 0 aromatic heterocycles. The fourth-order valence-corrected chi connectivity index (χ4v) is 0.329. The van der Waals surface area contributed by atoms with Crippen molar-refractivity contribution in [1.29, 1.82) is 0 Å². The van der Waals surface area contributed by atoms with Crippen molar-refractivity contribution in [3.8, 4) is 12.1 Å². The van der Waals surface area contributed by atoms with Crippen LogP contribution < -0.4 is 0 Å². The van der Waals surface area contributed by atoms with Crippen LogP contribution in [-0.2, 0) is 0 Å². The Labute approximate surface area is 63.8 Å². The topological polar surface area (TPSA) is 6.48 Å². The molecule has 0 spiro atoms. The zero-order valence-corrected chi connectivity index (χ0v) is 7.31. The molecule has 2 heteroatoms. The lowest BCUT2D eigenvalue weighted by atomic mass is 10.6. The van der Waals surface area contributed by atoms with E-state index in [-0.39, 0.29) is 0 Å². The van der Waals surface area contributed by atoms with Gasteiger partial charge in [0.25, 0.3) is 0 Å². The summed E-state index contributed by atoms with van der Waals surface area (Å²) in [6, 6.07) is 5.98. The second-order valence-electron chi connectivity index (χ2n) is 2.25. The number of nitrogens with zero attached hydrogens (tertiary/aromatic N) is 2. The van der Waals surface area contributed by atoms with Crippen molar-refractivity contribution in [3.63, 3.8) is 0 Å². The van der Waals surface area contributed by atoms with Crippen molar-refractivity contribution in [1.82, 2.24) is 9.80 Å². The average molecular weight is 140 g/mol. The Kier molecular flexibility index (Phi) is 4.57. The molecule has 0 bridgehead atoms. The molecule has 0 amide bonds. The Balaban J connectivity index is 3.66. The minimum atomic E-state index is 0.977. The third kappa shape index (κ3) is 4.08. The maximum absolute atomic E-state index is 2.99. The molecule has 0 saturated carbocycles. The van der Waals surface area contributed by atoms with Gasteiger partial charge in [0.1, 0.15) is 0 Å². The first-order chi connectivity index (χ1) is 4.70. The molecule has 0 N–H and O–H groups in total. The summed E-state index contributed by atoms with van der Waals surface area (Å²) in [6.07, 6.45) is 0. The van der Waals surface area contributed by atoms with Crippen molar-refractivity contribution < 1.29 is 0 Å². The Hall–Kier alpha value is -0.840. The minimum absolute atomic E-state index is 0.977. The smallest absolute Gasteiger partial charge is 0.0304 e. The van der Waals surface area contributed by atoms with E-state index in [1.165, 1.54) is 0 Å². The molecule has 0 saturated heterocycles. The van der Waals surface area contributed by atoms with Crippen LogP contribution in [0.1, 0.15) is 13.8 Å². The van der Waals surface area contributed by atoms with Crippen LogP contribution in [0.25, 0.3) is 0 Å². The zero-order chi connectivity index (χ0) is 7.98. The zero-order valence-electron chi connectivity index (χ0n) is 7.31. The lowest BCUT2D eigenvalue weighted by Gasteiger charge is -2.08. The van der Waals surface area contributed by atoms with E-state index in [9.17, 15) is 0 Å². The summed E-state index contributed by atoms with van der Waals surface area (Å²) in [6.45, 7) is 6.12. The van der Waals surface area contributed by atoms with E-state index in [0.717, 1.165) is 13.1 Å². The van der Waals surface area contributed by atoms with Gasteiger partial charge in [0.2, 0.25) is 0 Å². The van der Waals surface area contributed by atoms with Crippen LogP contribution in [0.15, 0.2) is 0 Å². The summed E-state index contributed by atoms with van der Waals surface area (Å²) in [5.74, 6) is 0. The van der Waals surface area contributed by atoms with E-state index >= 15 is 0 Å². The summed E-state index contributed by atoms with van der Waals surface area (Å²) in [7, 11) is 3.97. The van der Waals surface area contributed by atoms with E-state index in [4.69, 9.17) is 0 Å². The van der Waals surface area contributed by atoms with Gasteiger partial charge in [0.15, 0.2) is 0 Å². The monoisotopic (exact) mass is 140 g/mol. The summed E-state index contributed by atoms with van der Waals surface area (Å²) in [5, 5.41) is 0. The molecule has 0 rings (SSSR count). The molecule has 0 aliphatic rings. The van der Waals surface area contributed by atoms with Crippen LogP contribution >= 0.6 is 0 Å². The highest BCUT2D eigenvalue weighted by molar-refractivity contribution is 4.95. The van der Waals surface area contributed by atoms with Crippen molar-refractivity contribution in [2.75, 3.05) is 27.2 Å². The number of hydrogen-bond donors (Lipinski definition) is 0. The normalized spacial score (nSPS) is 8.00. The van der Waals surface area contributed by atoms with Gasteiger partial charge < -0.3 is 9.80 Å². The maximum atomic E-state index is 2.99. The molecule has 0 aromatic rings. The number of hydrogen-bond acceptors (Lipinski definition) is 2. The first-order valence-electron chi connectivity index (χ1n) is 3.64. The molecule has 0 radical (unpaired) electrons. The quantitative estimate of drug-likeness (QED) is 0.413. The van der Waals surface area contributed by atoms with Crippen LogP contribution in [0, 0.1) is 12.1 Å². The highest BCUT2D eigenvalue weighted by atomic mass is 15.1. The van der Waals surface area contributed by atoms with Crippen molar-refractivity contribution in [2.45, 2.75) is 13.8 Å². The molecule has 10 heavy (non-hydrogen) atoms. The first kappa shape index (κ1) is 9.16. The summed E-state index contributed by atoms with van der Waals surface area (Å²) < 4.78 is 0. The summed E-state index contributed by atoms with van der Waals surface area (Å²) >= 11 is 0. The van der Waals surface area contributed by atoms with Gasteiger partial charge in [-0.05, 0) is 13.8 Å². The van der Waals surface area contributed by atoms with Gasteiger partial charge in [0.05, 0.1) is 0 Å². The fourth-order valence-electron chi connectivity index (χ4n) is 0.329. The van der Waals surface area contributed by atoms with Crippen LogP contribution in [0.4, 0.5) is 0 Å². The van der Waals surface area contributed by atoms with E-state index in [0.29, 0.717) is 0 Å². The van der Waals surface area contributed by atoms with Gasteiger partial charge in [0, 0.05) is 39.3 Å². The molecule has 58 valence electrons. The van der Waals surface area contributed by atoms with Gasteiger partial charge >= 0.3 is 0 Å². The fraction of sp³-hybridized carbons (Fsp3) is 0.750. The predicted octanol–water partition coefficient (Wildman–Crippen LogP) is 0.808. The van der Waals surface area contributed by atoms with Crippen LogP contribution in [0.2, 0.25) is 0 Å². The molecule has 2 nitrogen and oxygen atoms in total. The van der Waals surface area contributed by atoms with E-state index in [1.54, 1.807) is 0 Å². The Morgan fingerprint density at radius 2 is 1.20 bits per heavy atom. The highest BCUT2D eigenvalue weighted by Gasteiger charge is 1.83. The Morgan fingerprint density at radius 3 is 1.40 bits per heavy atom. The van der Waals surface area contributed by atoms with Crippen molar-refractivity contribution in [3.05, 3.63) is 0 Å². The van der Waals surface area contributed by atoms with Gasteiger partial charge in [-0.25, -0.2) is 0 Å². The molecule has 0 heterocycles. The molecule has 0 aromatic carbocycles. The Morgan fingerprint density at radius 1 is 0.900 bits per heavy atom. The minimum Gasteiger partial charge on any atom is -0.334 e. The third-order valence-electron chi connectivity index (χ3n) is 1.38. The second-order valence-corrected chi connectivity index (χ2v) is 2.25. The van der Waals surface area contributed by atoms with E-state index in [2.05, 4.69) is 25.9 Å². The highest BCUT2D eigenvalue weighted by Crippen LogP contribution is 1.77. The molecular formula is C8H16N2. The van der Waals surface area contributed by atoms with Crippen molar-refractivity contribution >= 4 is 0 Å². The van der Waals surface area contributed by atoms with Crippen LogP contribution in [-0.4, -0.2) is 37.0 Å². The lowest BCUT2D eigenvalue weighted by Crippen LogP contribution is -2.14. The lowest BCUT2D eigenvalue weighted by molar-refractivity contribution is 0.483. The Bertz CT molecular complexity index is 118. The van der Waals surface area contributed by atoms with Gasteiger partial charge in [-0.2, -0.15) is 0 Å². The molecule has 0 atom stereocenters. The predicted molar refractivity (Wildman–Crippen MR) is 44.4 cm³/mol. The molecule has 0 unspecified atom stereocenters. The SMILES string of the molecule is CCN(C)C#CN(C)CC. The van der Waals surface area contributed by atoms with Crippen LogP contribution in [0.3, 0.4) is 0 Å². The molecule has 0 aliphatic carbocycles. The largest absolute Gasteiger partial charge is 0.334 e.